The minimum absolute atomic E-state index is 0.0991. The van der Waals surface area contributed by atoms with Crippen LogP contribution in [0.25, 0.3) is 5.57 Å². The lowest BCUT2D eigenvalue weighted by atomic mass is 10.1. The molecule has 1 nitrogen and oxygen atoms in total. The Bertz CT molecular complexity index is 274. The van der Waals surface area contributed by atoms with Crippen molar-refractivity contribution in [1.29, 1.82) is 0 Å². The molecule has 0 saturated heterocycles. The van der Waals surface area contributed by atoms with Crippen LogP contribution >= 0.6 is 15.9 Å². The van der Waals surface area contributed by atoms with Gasteiger partial charge < -0.3 is 5.11 Å². The third-order valence-corrected chi connectivity index (χ3v) is 2.23. The highest BCUT2D eigenvalue weighted by atomic mass is 79.9. The lowest BCUT2D eigenvalue weighted by Gasteiger charge is -2.00. The fourth-order valence-electron chi connectivity index (χ4n) is 0.968. The second-order valence-corrected chi connectivity index (χ2v) is 3.49. The molecule has 0 unspecified atom stereocenters. The average Bonchev–Trinajstić information content (AvgIpc) is 2.06. The van der Waals surface area contributed by atoms with Gasteiger partial charge in [-0.25, -0.2) is 0 Å². The summed E-state index contributed by atoms with van der Waals surface area (Å²) in [5.41, 5.74) is 2.25. The first-order chi connectivity index (χ1) is 5.74. The van der Waals surface area contributed by atoms with Gasteiger partial charge in [0.15, 0.2) is 0 Å². The Morgan fingerprint density at radius 1 is 1.42 bits per heavy atom. The fourth-order valence-corrected chi connectivity index (χ4v) is 1.23. The highest BCUT2D eigenvalue weighted by Gasteiger charge is 1.93. The molecule has 0 aliphatic carbocycles. The molecule has 0 aliphatic heterocycles. The molecule has 0 radical (unpaired) electrons. The quantitative estimate of drug-likeness (QED) is 0.823. The first kappa shape index (κ1) is 9.49. The summed E-state index contributed by atoms with van der Waals surface area (Å²) in [4.78, 5) is 0. The molecule has 0 amide bonds. The zero-order valence-corrected chi connectivity index (χ0v) is 8.51. The van der Waals surface area contributed by atoms with Crippen molar-refractivity contribution in [2.75, 3.05) is 6.61 Å². The van der Waals surface area contributed by atoms with Crippen molar-refractivity contribution in [3.63, 3.8) is 0 Å². The molecule has 0 spiro atoms. The molecule has 0 aromatic heterocycles. The van der Waals surface area contributed by atoms with Crippen molar-refractivity contribution in [1.82, 2.24) is 0 Å². The van der Waals surface area contributed by atoms with E-state index in [4.69, 9.17) is 5.11 Å². The molecule has 0 aliphatic rings. The molecule has 12 heavy (non-hydrogen) atoms. The highest BCUT2D eigenvalue weighted by Crippen LogP contribution is 2.16. The summed E-state index contributed by atoms with van der Waals surface area (Å²) in [6.07, 6.45) is 1.79. The van der Waals surface area contributed by atoms with E-state index < -0.39 is 0 Å². The SMILES string of the molecule is CC(=CCO)c1ccc(Br)cc1. The van der Waals surface area contributed by atoms with Gasteiger partial charge in [-0.3, -0.25) is 0 Å². The second kappa shape index (κ2) is 4.43. The average molecular weight is 227 g/mol. The van der Waals surface area contributed by atoms with Crippen LogP contribution < -0.4 is 0 Å². The van der Waals surface area contributed by atoms with Gasteiger partial charge in [0.05, 0.1) is 6.61 Å². The van der Waals surface area contributed by atoms with E-state index in [1.54, 1.807) is 6.08 Å². The monoisotopic (exact) mass is 226 g/mol. The lowest BCUT2D eigenvalue weighted by molar-refractivity contribution is 0.343. The first-order valence-corrected chi connectivity index (χ1v) is 4.57. The summed E-state index contributed by atoms with van der Waals surface area (Å²) in [6.45, 7) is 2.08. The van der Waals surface area contributed by atoms with Crippen LogP contribution in [0.3, 0.4) is 0 Å². The van der Waals surface area contributed by atoms with Crippen molar-refractivity contribution >= 4 is 21.5 Å². The van der Waals surface area contributed by atoms with Crippen molar-refractivity contribution in [3.05, 3.63) is 40.4 Å². The van der Waals surface area contributed by atoms with Gasteiger partial charge in [-0.2, -0.15) is 0 Å². The molecule has 0 saturated carbocycles. The smallest absolute Gasteiger partial charge is 0.0618 e. The number of aliphatic hydroxyl groups excluding tert-OH is 1. The number of hydrogen-bond donors (Lipinski definition) is 1. The van der Waals surface area contributed by atoms with Gasteiger partial charge in [-0.1, -0.05) is 34.1 Å². The van der Waals surface area contributed by atoms with E-state index in [2.05, 4.69) is 15.9 Å². The maximum absolute atomic E-state index is 8.67. The zero-order valence-electron chi connectivity index (χ0n) is 6.92. The number of allylic oxidation sites excluding steroid dienone is 1. The van der Waals surface area contributed by atoms with Gasteiger partial charge in [-0.15, -0.1) is 0 Å². The molecule has 64 valence electrons. The maximum Gasteiger partial charge on any atom is 0.0618 e. The lowest BCUT2D eigenvalue weighted by Crippen LogP contribution is -1.81. The van der Waals surface area contributed by atoms with Gasteiger partial charge in [0.2, 0.25) is 0 Å². The Balaban J connectivity index is 2.89. The van der Waals surface area contributed by atoms with Gasteiger partial charge in [0.1, 0.15) is 0 Å². The largest absolute Gasteiger partial charge is 0.392 e. The summed E-state index contributed by atoms with van der Waals surface area (Å²) in [5, 5.41) is 8.67. The predicted molar refractivity (Wildman–Crippen MR) is 54.9 cm³/mol. The Hall–Kier alpha value is -0.600. The van der Waals surface area contributed by atoms with Gasteiger partial charge in [-0.05, 0) is 30.2 Å². The number of rotatable bonds is 2. The highest BCUT2D eigenvalue weighted by molar-refractivity contribution is 9.10. The van der Waals surface area contributed by atoms with Gasteiger partial charge in [0, 0.05) is 4.47 Å². The minimum Gasteiger partial charge on any atom is -0.392 e. The van der Waals surface area contributed by atoms with E-state index >= 15 is 0 Å². The number of aliphatic hydroxyl groups is 1. The molecule has 0 bridgehead atoms. The fraction of sp³-hybridized carbons (Fsp3) is 0.200. The van der Waals surface area contributed by atoms with Crippen LogP contribution in [0.4, 0.5) is 0 Å². The van der Waals surface area contributed by atoms with E-state index in [9.17, 15) is 0 Å². The van der Waals surface area contributed by atoms with E-state index in [0.717, 1.165) is 15.6 Å². The maximum atomic E-state index is 8.67. The number of halogens is 1. The molecule has 1 N–H and O–H groups in total. The standard InChI is InChI=1S/C10H11BrO/c1-8(6-7-12)9-2-4-10(11)5-3-9/h2-6,12H,7H2,1H3. The summed E-state index contributed by atoms with van der Waals surface area (Å²) in [6, 6.07) is 8.02. The molecule has 2 heteroatoms. The molecule has 0 fully saturated rings. The third kappa shape index (κ3) is 2.47. The normalized spacial score (nSPS) is 11.8. The first-order valence-electron chi connectivity index (χ1n) is 3.77. The summed E-state index contributed by atoms with van der Waals surface area (Å²) in [7, 11) is 0. The predicted octanol–water partition coefficient (Wildman–Crippen LogP) is 2.84. The molecule has 1 aromatic rings. The number of benzene rings is 1. The van der Waals surface area contributed by atoms with E-state index in [0.29, 0.717) is 0 Å². The zero-order chi connectivity index (χ0) is 8.97. The molecular weight excluding hydrogens is 216 g/mol. The van der Waals surface area contributed by atoms with Crippen LogP contribution in [0.1, 0.15) is 12.5 Å². The van der Waals surface area contributed by atoms with E-state index in [1.165, 1.54) is 0 Å². The van der Waals surface area contributed by atoms with Crippen molar-refractivity contribution < 1.29 is 5.11 Å². The number of hydrogen-bond acceptors (Lipinski definition) is 1. The summed E-state index contributed by atoms with van der Waals surface area (Å²) < 4.78 is 1.07. The Morgan fingerprint density at radius 2 is 2.00 bits per heavy atom. The van der Waals surface area contributed by atoms with E-state index in [1.807, 2.05) is 31.2 Å². The third-order valence-electron chi connectivity index (χ3n) is 1.70. The van der Waals surface area contributed by atoms with Crippen molar-refractivity contribution in [2.24, 2.45) is 0 Å². The Kier molecular flexibility index (Phi) is 3.50. The Morgan fingerprint density at radius 3 is 2.50 bits per heavy atom. The van der Waals surface area contributed by atoms with Gasteiger partial charge >= 0.3 is 0 Å². The van der Waals surface area contributed by atoms with Crippen molar-refractivity contribution in [3.8, 4) is 0 Å². The van der Waals surface area contributed by atoms with Crippen LogP contribution in [-0.2, 0) is 0 Å². The van der Waals surface area contributed by atoms with Crippen molar-refractivity contribution in [2.45, 2.75) is 6.92 Å². The molecular formula is C10H11BrO. The molecule has 1 aromatic carbocycles. The summed E-state index contributed by atoms with van der Waals surface area (Å²) in [5.74, 6) is 0. The second-order valence-electron chi connectivity index (χ2n) is 2.58. The minimum atomic E-state index is 0.0991. The van der Waals surface area contributed by atoms with Crippen LogP contribution in [0, 0.1) is 0 Å². The molecule has 1 rings (SSSR count). The molecule has 0 heterocycles. The summed E-state index contributed by atoms with van der Waals surface area (Å²) >= 11 is 3.36. The van der Waals surface area contributed by atoms with Gasteiger partial charge in [0.25, 0.3) is 0 Å². The van der Waals surface area contributed by atoms with Crippen LogP contribution in [0.15, 0.2) is 34.8 Å². The van der Waals surface area contributed by atoms with Crippen LogP contribution in [-0.4, -0.2) is 11.7 Å². The van der Waals surface area contributed by atoms with Crippen LogP contribution in [0.5, 0.6) is 0 Å². The van der Waals surface area contributed by atoms with E-state index in [-0.39, 0.29) is 6.61 Å². The molecule has 0 atom stereocenters. The van der Waals surface area contributed by atoms with Crippen LogP contribution in [0.2, 0.25) is 0 Å². The topological polar surface area (TPSA) is 20.2 Å². The Labute approximate surface area is 80.9 Å².